The zero-order valence-electron chi connectivity index (χ0n) is 21.7. The second-order valence-electron chi connectivity index (χ2n) is 10.2. The maximum Gasteiger partial charge on any atom is 0.135 e. The van der Waals surface area contributed by atoms with E-state index < -0.39 is 0 Å². The van der Waals surface area contributed by atoms with E-state index in [1.54, 1.807) is 0 Å². The van der Waals surface area contributed by atoms with Crippen molar-refractivity contribution in [2.24, 2.45) is 10.7 Å². The molecular weight excluding hydrogens is 488 g/mol. The van der Waals surface area contributed by atoms with Crippen LogP contribution in [-0.4, -0.2) is 5.71 Å². The van der Waals surface area contributed by atoms with Gasteiger partial charge in [-0.2, -0.15) is 0 Å². The molecule has 2 aliphatic carbocycles. The van der Waals surface area contributed by atoms with Crippen LogP contribution in [0.4, 0.5) is 0 Å². The van der Waals surface area contributed by atoms with Crippen molar-refractivity contribution in [1.29, 1.82) is 0 Å². The van der Waals surface area contributed by atoms with Gasteiger partial charge in [-0.15, -0.1) is 0 Å². The van der Waals surface area contributed by atoms with Gasteiger partial charge in [0.2, 0.25) is 0 Å². The lowest BCUT2D eigenvalue weighted by Gasteiger charge is -2.15. The van der Waals surface area contributed by atoms with Crippen molar-refractivity contribution in [1.82, 2.24) is 0 Å². The standard InChI is InChI=1S/C37H24N2O/c1-22(23-17-20-35-32(21-23)26-11-5-7-16-34(26)40-35)39-33-15-6-4-12-31(33)37(38)30-19-18-29-25-10-3-2-9-24(25)27-13-8-14-28(30)36(27)29/h2-21H,1,38H2/b37-31-,39-33?. The summed E-state index contributed by atoms with van der Waals surface area (Å²) in [7, 11) is 0. The first-order valence-corrected chi connectivity index (χ1v) is 13.4. The van der Waals surface area contributed by atoms with Crippen molar-refractivity contribution in [2.45, 2.75) is 0 Å². The largest absolute Gasteiger partial charge is 0.456 e. The van der Waals surface area contributed by atoms with Gasteiger partial charge in [0.05, 0.1) is 11.4 Å². The maximum absolute atomic E-state index is 6.96. The summed E-state index contributed by atoms with van der Waals surface area (Å²) in [6, 6.07) is 33.6. The average molecular weight is 513 g/mol. The third kappa shape index (κ3) is 3.28. The zero-order chi connectivity index (χ0) is 26.8. The van der Waals surface area contributed by atoms with Crippen LogP contribution in [0.5, 0.6) is 0 Å². The predicted octanol–water partition coefficient (Wildman–Crippen LogP) is 9.29. The number of rotatable bonds is 3. The van der Waals surface area contributed by atoms with Crippen molar-refractivity contribution in [2.75, 3.05) is 0 Å². The molecule has 0 aliphatic heterocycles. The number of fused-ring (bicyclic) bond motifs is 6. The molecule has 0 atom stereocenters. The highest BCUT2D eigenvalue weighted by atomic mass is 16.3. The number of para-hydroxylation sites is 1. The van der Waals surface area contributed by atoms with Crippen LogP contribution in [0.1, 0.15) is 11.1 Å². The van der Waals surface area contributed by atoms with Gasteiger partial charge in [0, 0.05) is 33.2 Å². The smallest absolute Gasteiger partial charge is 0.135 e. The minimum atomic E-state index is 0.670. The molecule has 0 amide bonds. The zero-order valence-corrected chi connectivity index (χ0v) is 21.7. The summed E-state index contributed by atoms with van der Waals surface area (Å²) in [6.07, 6.45) is 8.02. The Labute approximate surface area is 231 Å². The first kappa shape index (κ1) is 22.6. The fourth-order valence-corrected chi connectivity index (χ4v) is 6.10. The van der Waals surface area contributed by atoms with Gasteiger partial charge in [0.1, 0.15) is 11.2 Å². The average Bonchev–Trinajstić information content (AvgIpc) is 3.54. The Morgan fingerprint density at radius 3 is 2.23 bits per heavy atom. The molecule has 0 spiro atoms. The van der Waals surface area contributed by atoms with E-state index in [0.29, 0.717) is 11.4 Å². The molecule has 5 aromatic carbocycles. The van der Waals surface area contributed by atoms with Crippen molar-refractivity contribution in [3.8, 4) is 22.3 Å². The molecule has 0 fully saturated rings. The highest BCUT2D eigenvalue weighted by Crippen LogP contribution is 2.48. The molecule has 3 heteroatoms. The summed E-state index contributed by atoms with van der Waals surface area (Å²) in [5, 5.41) is 4.54. The molecule has 1 aromatic heterocycles. The van der Waals surface area contributed by atoms with Crippen LogP contribution in [0.2, 0.25) is 0 Å². The lowest BCUT2D eigenvalue weighted by molar-refractivity contribution is 0.669. The van der Waals surface area contributed by atoms with Gasteiger partial charge in [-0.05, 0) is 63.4 Å². The van der Waals surface area contributed by atoms with Gasteiger partial charge in [-0.3, -0.25) is 0 Å². The van der Waals surface area contributed by atoms with Crippen LogP contribution in [0.15, 0.2) is 143 Å². The quantitative estimate of drug-likeness (QED) is 0.256. The van der Waals surface area contributed by atoms with Crippen LogP contribution >= 0.6 is 0 Å². The van der Waals surface area contributed by atoms with Crippen molar-refractivity contribution in [3.63, 3.8) is 0 Å². The van der Waals surface area contributed by atoms with Crippen LogP contribution in [0.3, 0.4) is 0 Å². The molecule has 0 radical (unpaired) electrons. The predicted molar refractivity (Wildman–Crippen MR) is 168 cm³/mol. The Balaban J connectivity index is 1.24. The summed E-state index contributed by atoms with van der Waals surface area (Å²) in [6.45, 7) is 4.32. The fraction of sp³-hybridized carbons (Fsp3) is 0. The Hall–Kier alpha value is -5.41. The van der Waals surface area contributed by atoms with Crippen LogP contribution in [0, 0.1) is 0 Å². The second kappa shape index (κ2) is 8.55. The normalized spacial score (nSPS) is 15.8. The molecule has 2 aliphatic rings. The van der Waals surface area contributed by atoms with Crippen LogP contribution < -0.4 is 5.73 Å². The fourth-order valence-electron chi connectivity index (χ4n) is 6.10. The maximum atomic E-state index is 6.96. The van der Waals surface area contributed by atoms with Crippen LogP contribution in [0.25, 0.3) is 66.4 Å². The molecule has 1 heterocycles. The Morgan fingerprint density at radius 2 is 1.35 bits per heavy atom. The molecule has 188 valence electrons. The van der Waals surface area contributed by atoms with Crippen molar-refractivity contribution < 1.29 is 4.42 Å². The number of benzene rings is 5. The van der Waals surface area contributed by atoms with E-state index in [-0.39, 0.29) is 0 Å². The number of hydrogen-bond donors (Lipinski definition) is 1. The summed E-state index contributed by atoms with van der Waals surface area (Å²) in [5.41, 5.74) is 18.7. The Kier molecular flexibility index (Phi) is 4.82. The first-order chi connectivity index (χ1) is 19.7. The molecule has 40 heavy (non-hydrogen) atoms. The van der Waals surface area contributed by atoms with E-state index in [2.05, 4.69) is 73.3 Å². The van der Waals surface area contributed by atoms with Gasteiger partial charge >= 0.3 is 0 Å². The summed E-state index contributed by atoms with van der Waals surface area (Å²) < 4.78 is 6.00. The molecular formula is C37H24N2O. The van der Waals surface area contributed by atoms with Crippen LogP contribution in [-0.2, 0) is 0 Å². The number of nitrogens with two attached hydrogens (primary N) is 1. The van der Waals surface area contributed by atoms with Gasteiger partial charge in [-0.1, -0.05) is 97.6 Å². The van der Waals surface area contributed by atoms with Crippen molar-refractivity contribution >= 4 is 49.8 Å². The lowest BCUT2D eigenvalue weighted by Crippen LogP contribution is -2.10. The Morgan fingerprint density at radius 1 is 0.650 bits per heavy atom. The molecule has 3 nitrogen and oxygen atoms in total. The topological polar surface area (TPSA) is 51.5 Å². The highest BCUT2D eigenvalue weighted by Gasteiger charge is 2.23. The minimum absolute atomic E-state index is 0.670. The summed E-state index contributed by atoms with van der Waals surface area (Å²) in [5.74, 6) is 0. The summed E-state index contributed by atoms with van der Waals surface area (Å²) in [4.78, 5) is 4.98. The third-order valence-corrected chi connectivity index (χ3v) is 8.00. The van der Waals surface area contributed by atoms with Gasteiger partial charge in [0.15, 0.2) is 0 Å². The Bertz CT molecular complexity index is 2160. The highest BCUT2D eigenvalue weighted by molar-refractivity contribution is 6.21. The van der Waals surface area contributed by atoms with Gasteiger partial charge in [-0.25, -0.2) is 4.99 Å². The molecule has 0 saturated heterocycles. The molecule has 2 N–H and O–H groups in total. The number of nitrogens with zero attached hydrogens (tertiary/aromatic N) is 1. The van der Waals surface area contributed by atoms with E-state index in [1.165, 1.54) is 27.6 Å². The van der Waals surface area contributed by atoms with E-state index in [4.69, 9.17) is 15.1 Å². The van der Waals surface area contributed by atoms with E-state index in [0.717, 1.165) is 49.7 Å². The summed E-state index contributed by atoms with van der Waals surface area (Å²) >= 11 is 0. The molecule has 0 bridgehead atoms. The molecule has 0 saturated carbocycles. The third-order valence-electron chi connectivity index (χ3n) is 8.00. The number of furan rings is 1. The van der Waals surface area contributed by atoms with E-state index >= 15 is 0 Å². The second-order valence-corrected chi connectivity index (χ2v) is 10.2. The number of allylic oxidation sites excluding steroid dienone is 5. The monoisotopic (exact) mass is 512 g/mol. The number of hydrogen-bond acceptors (Lipinski definition) is 3. The lowest BCUT2D eigenvalue weighted by atomic mass is 9.93. The number of aliphatic imine (C=N–C) groups is 1. The molecule has 0 unspecified atom stereocenters. The van der Waals surface area contributed by atoms with E-state index in [9.17, 15) is 0 Å². The van der Waals surface area contributed by atoms with Gasteiger partial charge < -0.3 is 10.2 Å². The molecule has 8 rings (SSSR count). The minimum Gasteiger partial charge on any atom is -0.456 e. The van der Waals surface area contributed by atoms with Crippen molar-refractivity contribution in [3.05, 3.63) is 145 Å². The molecule has 6 aromatic rings. The van der Waals surface area contributed by atoms with E-state index in [1.807, 2.05) is 54.6 Å². The first-order valence-electron chi connectivity index (χ1n) is 13.4. The SMILES string of the molecule is C=C(N=C1C=CC=C/C1=C(/N)c1ccc2c3c(cccc13)-c1ccccc1-2)c1ccc2oc3ccccc3c2c1. The van der Waals surface area contributed by atoms with Gasteiger partial charge in [0.25, 0.3) is 0 Å².